The van der Waals surface area contributed by atoms with Crippen LogP contribution in [0.25, 0.3) is 0 Å². The van der Waals surface area contributed by atoms with E-state index < -0.39 is 84.7 Å². The quantitative estimate of drug-likeness (QED) is 0.192. The third kappa shape index (κ3) is 4.90. The molecule has 2 fully saturated rings. The molecule has 0 spiro atoms. The molecule has 27 heavy (non-hydrogen) atoms. The van der Waals surface area contributed by atoms with Gasteiger partial charge in [-0.15, -0.1) is 0 Å². The van der Waals surface area contributed by atoms with Crippen LogP contribution in [0.1, 0.15) is 0 Å². The first-order chi connectivity index (χ1) is 12.5. The first kappa shape index (κ1) is 22.3. The largest absolute Gasteiger partial charge is 0.479 e. The molecule has 0 aromatic heterocycles. The Morgan fingerprint density at radius 3 is 2.07 bits per heavy atom. The van der Waals surface area contributed by atoms with Crippen molar-refractivity contribution in [3.05, 3.63) is 0 Å². The van der Waals surface area contributed by atoms with Crippen LogP contribution in [-0.2, 0) is 33.6 Å². The van der Waals surface area contributed by atoms with Crippen LogP contribution in [0.5, 0.6) is 0 Å². The van der Waals surface area contributed by atoms with Crippen molar-refractivity contribution >= 4 is 16.4 Å². The second kappa shape index (κ2) is 8.58. The number of aliphatic carboxylic acids is 1. The molecule has 0 radical (unpaired) electrons. The SMILES string of the molecule is O=C(O)C1OC(OC2C(OS(=O)(=O)O)OC(CO)C2CO)C(O)C(O)C1O. The monoisotopic (exact) mass is 420 g/mol. The van der Waals surface area contributed by atoms with Gasteiger partial charge >= 0.3 is 16.4 Å². The molecule has 9 unspecified atom stereocenters. The Morgan fingerprint density at radius 1 is 0.963 bits per heavy atom. The van der Waals surface area contributed by atoms with Gasteiger partial charge in [0.25, 0.3) is 0 Å². The maximum Gasteiger partial charge on any atom is 0.399 e. The van der Waals surface area contributed by atoms with Gasteiger partial charge < -0.3 is 44.8 Å². The van der Waals surface area contributed by atoms with Gasteiger partial charge in [-0.2, -0.15) is 8.42 Å². The topological polar surface area (TPSA) is 230 Å². The molecule has 0 bridgehead atoms. The summed E-state index contributed by atoms with van der Waals surface area (Å²) in [7, 11) is -5.06. The molecule has 158 valence electrons. The average Bonchev–Trinajstić information content (AvgIpc) is 2.89. The molecule has 0 aliphatic carbocycles. The zero-order chi connectivity index (χ0) is 20.5. The highest BCUT2D eigenvalue weighted by atomic mass is 32.3. The number of ether oxygens (including phenoxy) is 3. The molecule has 2 rings (SSSR count). The predicted molar refractivity (Wildman–Crippen MR) is 78.1 cm³/mol. The standard InChI is InChI=1S/C12H20O14S/c13-1-3-4(2-14)23-12(26-27(20,21)22)8(3)24-11-7(17)5(15)6(16)9(25-11)10(18)19/h3-9,11-17H,1-2H2,(H,18,19)(H,20,21,22). The third-order valence-corrected chi connectivity index (χ3v) is 4.62. The zero-order valence-corrected chi connectivity index (χ0v) is 14.3. The van der Waals surface area contributed by atoms with Crippen molar-refractivity contribution in [2.75, 3.05) is 13.2 Å². The Labute approximate surface area is 152 Å². The van der Waals surface area contributed by atoms with Crippen LogP contribution in [0.2, 0.25) is 0 Å². The lowest BCUT2D eigenvalue weighted by Gasteiger charge is -2.40. The number of aliphatic hydroxyl groups excluding tert-OH is 5. The molecule has 2 aliphatic rings. The molecule has 0 aromatic rings. The van der Waals surface area contributed by atoms with E-state index in [9.17, 15) is 38.7 Å². The Bertz CT molecular complexity index is 624. The van der Waals surface area contributed by atoms with Crippen LogP contribution in [0.15, 0.2) is 0 Å². The van der Waals surface area contributed by atoms with Crippen molar-refractivity contribution in [3.63, 3.8) is 0 Å². The molecule has 0 saturated carbocycles. The second-order valence-electron chi connectivity index (χ2n) is 5.93. The van der Waals surface area contributed by atoms with Crippen molar-refractivity contribution in [2.24, 2.45) is 5.92 Å². The summed E-state index contributed by atoms with van der Waals surface area (Å²) in [6.45, 7) is -1.43. The first-order valence-corrected chi connectivity index (χ1v) is 8.97. The fourth-order valence-corrected chi connectivity index (χ4v) is 3.24. The minimum Gasteiger partial charge on any atom is -0.479 e. The molecular weight excluding hydrogens is 400 g/mol. The highest BCUT2D eigenvalue weighted by molar-refractivity contribution is 7.80. The molecular formula is C12H20O14S. The van der Waals surface area contributed by atoms with Gasteiger partial charge in [0.2, 0.25) is 6.29 Å². The number of carboxylic acids is 1. The molecule has 14 nitrogen and oxygen atoms in total. The Morgan fingerprint density at radius 2 is 1.59 bits per heavy atom. The van der Waals surface area contributed by atoms with E-state index in [0.29, 0.717) is 0 Å². The molecule has 2 saturated heterocycles. The molecule has 9 atom stereocenters. The van der Waals surface area contributed by atoms with Gasteiger partial charge in [0.05, 0.1) is 19.3 Å². The van der Waals surface area contributed by atoms with E-state index in [1.807, 2.05) is 0 Å². The lowest BCUT2D eigenvalue weighted by atomic mass is 9.97. The van der Waals surface area contributed by atoms with Gasteiger partial charge in [0, 0.05) is 5.92 Å². The summed E-state index contributed by atoms with van der Waals surface area (Å²) in [5.74, 6) is -2.81. The normalized spacial score (nSPS) is 43.0. The summed E-state index contributed by atoms with van der Waals surface area (Å²) >= 11 is 0. The van der Waals surface area contributed by atoms with Gasteiger partial charge in [-0.05, 0) is 0 Å². The summed E-state index contributed by atoms with van der Waals surface area (Å²) in [4.78, 5) is 11.1. The summed E-state index contributed by atoms with van der Waals surface area (Å²) in [5, 5.41) is 57.1. The maximum absolute atomic E-state index is 11.1. The molecule has 0 amide bonds. The molecule has 15 heteroatoms. The smallest absolute Gasteiger partial charge is 0.399 e. The van der Waals surface area contributed by atoms with E-state index in [1.54, 1.807) is 0 Å². The minimum absolute atomic E-state index is 0.705. The van der Waals surface area contributed by atoms with Gasteiger partial charge in [-0.25, -0.2) is 8.98 Å². The Kier molecular flexibility index (Phi) is 7.09. The highest BCUT2D eigenvalue weighted by Gasteiger charge is 2.53. The van der Waals surface area contributed by atoms with E-state index in [1.165, 1.54) is 0 Å². The van der Waals surface area contributed by atoms with Crippen molar-refractivity contribution in [3.8, 4) is 0 Å². The van der Waals surface area contributed by atoms with E-state index >= 15 is 0 Å². The summed E-state index contributed by atoms with van der Waals surface area (Å²) < 4.78 is 50.2. The van der Waals surface area contributed by atoms with E-state index in [2.05, 4.69) is 4.18 Å². The van der Waals surface area contributed by atoms with E-state index in [4.69, 9.17) is 23.9 Å². The number of carbonyl (C=O) groups is 1. The van der Waals surface area contributed by atoms with Crippen LogP contribution in [-0.4, -0.2) is 112 Å². The van der Waals surface area contributed by atoms with Crippen LogP contribution in [0.3, 0.4) is 0 Å². The highest BCUT2D eigenvalue weighted by Crippen LogP contribution is 2.34. The predicted octanol–water partition coefficient (Wildman–Crippen LogP) is -4.59. The van der Waals surface area contributed by atoms with Gasteiger partial charge in [-0.1, -0.05) is 0 Å². The Balaban J connectivity index is 2.25. The fourth-order valence-electron chi connectivity index (χ4n) is 2.85. The summed E-state index contributed by atoms with van der Waals surface area (Å²) in [6, 6.07) is 0. The Hall–Kier alpha value is -0.980. The summed E-state index contributed by atoms with van der Waals surface area (Å²) in [5.41, 5.74) is 0. The molecule has 0 aromatic carbocycles. The molecule has 2 heterocycles. The van der Waals surface area contributed by atoms with Crippen LogP contribution in [0, 0.1) is 5.92 Å². The van der Waals surface area contributed by atoms with Crippen molar-refractivity contribution in [1.82, 2.24) is 0 Å². The van der Waals surface area contributed by atoms with Gasteiger partial charge in [0.15, 0.2) is 12.4 Å². The van der Waals surface area contributed by atoms with Crippen molar-refractivity contribution < 1.29 is 66.8 Å². The number of hydrogen-bond donors (Lipinski definition) is 7. The van der Waals surface area contributed by atoms with Crippen LogP contribution >= 0.6 is 0 Å². The van der Waals surface area contributed by atoms with Gasteiger partial charge in [0.1, 0.15) is 24.4 Å². The van der Waals surface area contributed by atoms with Crippen molar-refractivity contribution in [1.29, 1.82) is 0 Å². The second-order valence-corrected chi connectivity index (χ2v) is 6.98. The molecule has 7 N–H and O–H groups in total. The zero-order valence-electron chi connectivity index (χ0n) is 13.5. The summed E-state index contributed by atoms with van der Waals surface area (Å²) in [6.07, 6.45) is -14.5. The number of carboxylic acid groups (broad SMARTS) is 1. The van der Waals surface area contributed by atoms with E-state index in [-0.39, 0.29) is 0 Å². The lowest BCUT2D eigenvalue weighted by Crippen LogP contribution is -2.61. The van der Waals surface area contributed by atoms with Crippen LogP contribution < -0.4 is 0 Å². The lowest BCUT2D eigenvalue weighted by molar-refractivity contribution is -0.315. The molecule has 2 aliphatic heterocycles. The fraction of sp³-hybridized carbons (Fsp3) is 0.917. The average molecular weight is 420 g/mol. The third-order valence-electron chi connectivity index (χ3n) is 4.19. The first-order valence-electron chi connectivity index (χ1n) is 7.61. The number of rotatable bonds is 7. The number of aliphatic hydroxyl groups is 5. The number of hydrogen-bond acceptors (Lipinski definition) is 12. The van der Waals surface area contributed by atoms with E-state index in [0.717, 1.165) is 0 Å². The maximum atomic E-state index is 11.1. The van der Waals surface area contributed by atoms with Crippen molar-refractivity contribution in [2.45, 2.75) is 49.2 Å². The van der Waals surface area contributed by atoms with Gasteiger partial charge in [-0.3, -0.25) is 4.55 Å². The van der Waals surface area contributed by atoms with Crippen LogP contribution in [0.4, 0.5) is 0 Å². The minimum atomic E-state index is -5.06.